The third-order valence-corrected chi connectivity index (χ3v) is 3.10. The van der Waals surface area contributed by atoms with Gasteiger partial charge in [-0.05, 0) is 33.1 Å². The van der Waals surface area contributed by atoms with E-state index in [1.807, 2.05) is 0 Å². The van der Waals surface area contributed by atoms with E-state index in [-0.39, 0.29) is 25.2 Å². The summed E-state index contributed by atoms with van der Waals surface area (Å²) in [6, 6.07) is -1.35. The Labute approximate surface area is 135 Å². The van der Waals surface area contributed by atoms with Gasteiger partial charge in [0, 0.05) is 12.8 Å². The molecule has 1 atom stereocenters. The minimum absolute atomic E-state index is 0.0495. The molecule has 8 nitrogen and oxygen atoms in total. The first-order chi connectivity index (χ1) is 10.4. The van der Waals surface area contributed by atoms with Gasteiger partial charge < -0.3 is 9.84 Å². The summed E-state index contributed by atoms with van der Waals surface area (Å²) in [5, 5.41) is 10.8. The van der Waals surface area contributed by atoms with Gasteiger partial charge in [0.2, 0.25) is 11.8 Å². The van der Waals surface area contributed by atoms with Crippen LogP contribution in [0.1, 0.15) is 53.9 Å². The van der Waals surface area contributed by atoms with E-state index in [0.29, 0.717) is 10.0 Å². The quantitative estimate of drug-likeness (QED) is 0.772. The number of carbonyl (C=O) groups is 4. The van der Waals surface area contributed by atoms with Gasteiger partial charge in [-0.1, -0.05) is 13.8 Å². The third-order valence-electron chi connectivity index (χ3n) is 3.10. The molecule has 0 aliphatic carbocycles. The Kier molecular flexibility index (Phi) is 5.74. The van der Waals surface area contributed by atoms with Gasteiger partial charge in [-0.25, -0.2) is 9.59 Å². The van der Waals surface area contributed by atoms with E-state index in [4.69, 9.17) is 4.74 Å². The molecule has 1 rings (SSSR count). The number of ether oxygens (including phenoxy) is 1. The fraction of sp³-hybridized carbons (Fsp3) is 0.733. The van der Waals surface area contributed by atoms with E-state index < -0.39 is 35.5 Å². The molecule has 23 heavy (non-hydrogen) atoms. The van der Waals surface area contributed by atoms with Crippen LogP contribution in [0.25, 0.3) is 0 Å². The summed E-state index contributed by atoms with van der Waals surface area (Å²) in [4.78, 5) is 48.0. The molecule has 0 spiro atoms. The standard InChI is InChI=1S/C15H24N2O6/c1-9(2)8-10(13(20)21)16(14(22)23-15(3,4)5)17-11(18)6-7-12(17)19/h9-10H,6-8H2,1-5H3,(H,20,21)/t10-/m0/s1. The molecule has 0 bridgehead atoms. The van der Waals surface area contributed by atoms with E-state index >= 15 is 0 Å². The minimum Gasteiger partial charge on any atom is -0.480 e. The van der Waals surface area contributed by atoms with Crippen LogP contribution in [-0.2, 0) is 19.1 Å². The number of carbonyl (C=O) groups excluding carboxylic acids is 3. The molecule has 0 aromatic heterocycles. The fourth-order valence-electron chi connectivity index (χ4n) is 2.21. The van der Waals surface area contributed by atoms with Gasteiger partial charge in [0.1, 0.15) is 5.60 Å². The second-order valence-electron chi connectivity index (χ2n) is 6.91. The van der Waals surface area contributed by atoms with E-state index in [1.54, 1.807) is 34.6 Å². The molecule has 1 heterocycles. The van der Waals surface area contributed by atoms with Crippen molar-refractivity contribution in [1.29, 1.82) is 0 Å². The molecule has 8 heteroatoms. The lowest BCUT2D eigenvalue weighted by atomic mass is 10.0. The van der Waals surface area contributed by atoms with Gasteiger partial charge in [-0.2, -0.15) is 10.0 Å². The highest BCUT2D eigenvalue weighted by Gasteiger charge is 2.44. The molecule has 0 aromatic carbocycles. The van der Waals surface area contributed by atoms with Crippen molar-refractivity contribution in [2.75, 3.05) is 0 Å². The number of hydrogen-bond donors (Lipinski definition) is 1. The number of amides is 3. The number of nitrogens with zero attached hydrogens (tertiary/aromatic N) is 2. The first kappa shape index (κ1) is 18.9. The zero-order valence-corrected chi connectivity index (χ0v) is 14.2. The van der Waals surface area contributed by atoms with E-state index in [1.165, 1.54) is 0 Å². The zero-order chi connectivity index (χ0) is 17.9. The Morgan fingerprint density at radius 3 is 2.04 bits per heavy atom. The summed E-state index contributed by atoms with van der Waals surface area (Å²) >= 11 is 0. The molecule has 1 N–H and O–H groups in total. The smallest absolute Gasteiger partial charge is 0.430 e. The van der Waals surface area contributed by atoms with Crippen LogP contribution in [0.5, 0.6) is 0 Å². The molecule has 0 aromatic rings. The van der Waals surface area contributed by atoms with Gasteiger partial charge in [0.25, 0.3) is 0 Å². The Balaban J connectivity index is 3.23. The monoisotopic (exact) mass is 328 g/mol. The van der Waals surface area contributed by atoms with E-state index in [9.17, 15) is 24.3 Å². The highest BCUT2D eigenvalue weighted by atomic mass is 16.6. The van der Waals surface area contributed by atoms with Gasteiger partial charge in [-0.15, -0.1) is 0 Å². The second kappa shape index (κ2) is 6.97. The van der Waals surface area contributed by atoms with Crippen molar-refractivity contribution < 1.29 is 29.0 Å². The molecule has 0 saturated carbocycles. The van der Waals surface area contributed by atoms with Crippen LogP contribution in [0, 0.1) is 5.92 Å². The Morgan fingerprint density at radius 1 is 1.22 bits per heavy atom. The molecule has 1 saturated heterocycles. The highest BCUT2D eigenvalue weighted by molar-refractivity contribution is 6.03. The van der Waals surface area contributed by atoms with Crippen molar-refractivity contribution in [1.82, 2.24) is 10.0 Å². The van der Waals surface area contributed by atoms with Gasteiger partial charge in [-0.3, -0.25) is 9.59 Å². The molecule has 3 amide bonds. The van der Waals surface area contributed by atoms with Gasteiger partial charge in [0.05, 0.1) is 0 Å². The lowest BCUT2D eigenvalue weighted by molar-refractivity contribution is -0.167. The molecule has 1 fully saturated rings. The second-order valence-corrected chi connectivity index (χ2v) is 6.91. The van der Waals surface area contributed by atoms with Crippen molar-refractivity contribution in [2.45, 2.75) is 65.5 Å². The molecule has 0 radical (unpaired) electrons. The molecule has 1 aliphatic heterocycles. The summed E-state index contributed by atoms with van der Waals surface area (Å²) in [5.74, 6) is -2.56. The first-order valence-corrected chi connectivity index (χ1v) is 7.54. The largest absolute Gasteiger partial charge is 0.480 e. The summed E-state index contributed by atoms with van der Waals surface area (Å²) in [5.41, 5.74) is -0.887. The maximum absolute atomic E-state index is 12.5. The zero-order valence-electron chi connectivity index (χ0n) is 14.2. The average Bonchev–Trinajstić information content (AvgIpc) is 2.67. The first-order valence-electron chi connectivity index (χ1n) is 7.54. The van der Waals surface area contributed by atoms with Crippen LogP contribution < -0.4 is 0 Å². The van der Waals surface area contributed by atoms with E-state index in [0.717, 1.165) is 0 Å². The normalized spacial score (nSPS) is 16.7. The fourth-order valence-corrected chi connectivity index (χ4v) is 2.21. The molecular weight excluding hydrogens is 304 g/mol. The number of carboxylic acid groups (broad SMARTS) is 1. The van der Waals surface area contributed by atoms with Crippen LogP contribution in [0.3, 0.4) is 0 Å². The van der Waals surface area contributed by atoms with Crippen LogP contribution in [0.4, 0.5) is 4.79 Å². The van der Waals surface area contributed by atoms with E-state index in [2.05, 4.69) is 0 Å². The molecule has 130 valence electrons. The number of hydrazine groups is 1. The number of rotatable bonds is 5. The number of imide groups is 1. The van der Waals surface area contributed by atoms with Crippen LogP contribution >= 0.6 is 0 Å². The van der Waals surface area contributed by atoms with Gasteiger partial charge >= 0.3 is 12.1 Å². The summed E-state index contributed by atoms with van der Waals surface area (Å²) < 4.78 is 5.20. The Morgan fingerprint density at radius 2 is 1.70 bits per heavy atom. The van der Waals surface area contributed by atoms with Crippen molar-refractivity contribution in [3.63, 3.8) is 0 Å². The Bertz CT molecular complexity index is 493. The predicted octanol–water partition coefficient (Wildman–Crippen LogP) is 1.79. The lowest BCUT2D eigenvalue weighted by Gasteiger charge is -2.36. The van der Waals surface area contributed by atoms with Gasteiger partial charge in [0.15, 0.2) is 6.04 Å². The van der Waals surface area contributed by atoms with Crippen LogP contribution in [0.15, 0.2) is 0 Å². The summed E-state index contributed by atoms with van der Waals surface area (Å²) in [6.45, 7) is 8.44. The minimum atomic E-state index is -1.35. The van der Waals surface area contributed by atoms with Crippen molar-refractivity contribution in [2.24, 2.45) is 5.92 Å². The topological polar surface area (TPSA) is 104 Å². The number of aliphatic carboxylic acids is 1. The maximum atomic E-state index is 12.5. The van der Waals surface area contributed by atoms with Crippen molar-refractivity contribution in [3.05, 3.63) is 0 Å². The number of carboxylic acids is 1. The van der Waals surface area contributed by atoms with Crippen molar-refractivity contribution >= 4 is 23.9 Å². The van der Waals surface area contributed by atoms with Crippen LogP contribution in [0.2, 0.25) is 0 Å². The summed E-state index contributed by atoms with van der Waals surface area (Å²) in [7, 11) is 0. The molecule has 1 aliphatic rings. The maximum Gasteiger partial charge on any atom is 0.430 e. The Hall–Kier alpha value is -2.12. The molecule has 0 unspecified atom stereocenters. The lowest BCUT2D eigenvalue weighted by Crippen LogP contribution is -2.58. The molecular formula is C15H24N2O6. The van der Waals surface area contributed by atoms with Crippen molar-refractivity contribution in [3.8, 4) is 0 Å². The number of hydrogen-bond acceptors (Lipinski definition) is 5. The summed E-state index contributed by atoms with van der Waals surface area (Å²) in [6.07, 6.45) is -1.03. The predicted molar refractivity (Wildman–Crippen MR) is 80.0 cm³/mol. The van der Waals surface area contributed by atoms with Crippen LogP contribution in [-0.4, -0.2) is 50.6 Å². The third kappa shape index (κ3) is 4.94. The highest BCUT2D eigenvalue weighted by Crippen LogP contribution is 2.23. The SMILES string of the molecule is CC(C)C[C@@H](C(=O)O)N(C(=O)OC(C)(C)C)N1C(=O)CCC1=O. The average molecular weight is 328 g/mol.